The average molecular weight is 556 g/mol. The molecule has 210 valence electrons. The van der Waals surface area contributed by atoms with Gasteiger partial charge >= 0.3 is 12.2 Å². The molecule has 2 aliphatic heterocycles. The van der Waals surface area contributed by atoms with Crippen LogP contribution >= 0.6 is 0 Å². The zero-order valence-corrected chi connectivity index (χ0v) is 21.7. The summed E-state index contributed by atoms with van der Waals surface area (Å²) >= 11 is 0. The third-order valence-corrected chi connectivity index (χ3v) is 6.86. The van der Waals surface area contributed by atoms with Crippen LogP contribution in [0.25, 0.3) is 0 Å². The van der Waals surface area contributed by atoms with Crippen molar-refractivity contribution in [3.63, 3.8) is 0 Å². The lowest BCUT2D eigenvalue weighted by Crippen LogP contribution is -2.51. The van der Waals surface area contributed by atoms with E-state index in [9.17, 15) is 22.8 Å². The molecule has 1 fully saturated rings. The molecule has 0 unspecified atom stereocenters. The van der Waals surface area contributed by atoms with Crippen LogP contribution < -0.4 is 20.9 Å². The van der Waals surface area contributed by atoms with Crippen molar-refractivity contribution in [1.29, 1.82) is 0 Å². The van der Waals surface area contributed by atoms with Gasteiger partial charge in [0.25, 0.3) is 5.91 Å². The summed E-state index contributed by atoms with van der Waals surface area (Å²) in [6, 6.07) is 8.87. The molecule has 1 aromatic heterocycles. The fourth-order valence-corrected chi connectivity index (χ4v) is 4.70. The second-order valence-corrected chi connectivity index (χ2v) is 9.59. The van der Waals surface area contributed by atoms with Crippen molar-refractivity contribution < 1.29 is 27.5 Å². The SMILES string of the molecule is Cc1ccc(NC(=O)c2cccc(C(F)(F)F)c2)cc1N1Cc2cnc(N)nc2N(CCN2CCOCC2)C1=O. The number of ether oxygens (including phenoxy) is 1. The summed E-state index contributed by atoms with van der Waals surface area (Å²) in [5.41, 5.74) is 7.12. The molecule has 2 aliphatic rings. The normalized spacial score (nSPS) is 16.1. The molecule has 0 aliphatic carbocycles. The number of rotatable bonds is 6. The highest BCUT2D eigenvalue weighted by Crippen LogP contribution is 2.34. The summed E-state index contributed by atoms with van der Waals surface area (Å²) in [6.07, 6.45) is -2.98. The topological polar surface area (TPSA) is 117 Å². The molecule has 3 N–H and O–H groups in total. The predicted octanol–water partition coefficient (Wildman–Crippen LogP) is 3.92. The number of benzene rings is 2. The van der Waals surface area contributed by atoms with E-state index in [1.807, 2.05) is 6.92 Å². The number of carbonyl (C=O) groups excluding carboxylic acids is 2. The summed E-state index contributed by atoms with van der Waals surface area (Å²) < 4.78 is 44.8. The van der Waals surface area contributed by atoms with Gasteiger partial charge in [0, 0.05) is 49.2 Å². The summed E-state index contributed by atoms with van der Waals surface area (Å²) in [7, 11) is 0. The minimum Gasteiger partial charge on any atom is -0.379 e. The Kier molecular flexibility index (Phi) is 7.59. The van der Waals surface area contributed by atoms with E-state index in [1.165, 1.54) is 12.1 Å². The molecular formula is C27H28F3N7O3. The van der Waals surface area contributed by atoms with Crippen molar-refractivity contribution >= 4 is 35.1 Å². The first-order valence-corrected chi connectivity index (χ1v) is 12.7. The number of nitrogens with zero attached hydrogens (tertiary/aromatic N) is 5. The van der Waals surface area contributed by atoms with Gasteiger partial charge in [-0.15, -0.1) is 0 Å². The van der Waals surface area contributed by atoms with E-state index in [0.29, 0.717) is 49.1 Å². The van der Waals surface area contributed by atoms with Gasteiger partial charge < -0.3 is 15.8 Å². The molecule has 0 radical (unpaired) electrons. The largest absolute Gasteiger partial charge is 0.416 e. The maximum atomic E-state index is 13.8. The molecule has 3 heterocycles. The van der Waals surface area contributed by atoms with Crippen molar-refractivity contribution in [3.8, 4) is 0 Å². The molecule has 0 atom stereocenters. The highest BCUT2D eigenvalue weighted by molar-refractivity contribution is 6.07. The van der Waals surface area contributed by atoms with Gasteiger partial charge in [0.1, 0.15) is 5.82 Å². The number of aromatic nitrogens is 2. The molecule has 13 heteroatoms. The molecule has 3 aromatic rings. The van der Waals surface area contributed by atoms with Gasteiger partial charge in [-0.1, -0.05) is 12.1 Å². The highest BCUT2D eigenvalue weighted by atomic mass is 19.4. The van der Waals surface area contributed by atoms with Crippen LogP contribution in [0.2, 0.25) is 0 Å². The van der Waals surface area contributed by atoms with Crippen LogP contribution in [-0.2, 0) is 17.5 Å². The number of aryl methyl sites for hydroxylation is 1. The van der Waals surface area contributed by atoms with Crippen LogP contribution in [0.5, 0.6) is 0 Å². The Balaban J connectivity index is 1.40. The van der Waals surface area contributed by atoms with Crippen molar-refractivity contribution in [2.24, 2.45) is 0 Å². The number of hydrogen-bond donors (Lipinski definition) is 2. The van der Waals surface area contributed by atoms with Crippen LogP contribution in [0.1, 0.15) is 27.0 Å². The molecular weight excluding hydrogens is 527 g/mol. The predicted molar refractivity (Wildman–Crippen MR) is 143 cm³/mol. The first-order valence-electron chi connectivity index (χ1n) is 12.7. The van der Waals surface area contributed by atoms with Crippen LogP contribution in [0.4, 0.5) is 41.1 Å². The number of anilines is 4. The van der Waals surface area contributed by atoms with Gasteiger partial charge in [-0.05, 0) is 42.8 Å². The molecule has 1 saturated heterocycles. The quantitative estimate of drug-likeness (QED) is 0.474. The van der Waals surface area contributed by atoms with Crippen molar-refractivity contribution in [3.05, 3.63) is 70.9 Å². The number of hydrogen-bond acceptors (Lipinski definition) is 7. The Morgan fingerprint density at radius 1 is 1.12 bits per heavy atom. The fraction of sp³-hybridized carbons (Fsp3) is 0.333. The van der Waals surface area contributed by atoms with Gasteiger partial charge in [-0.2, -0.15) is 18.2 Å². The monoisotopic (exact) mass is 555 g/mol. The third-order valence-electron chi connectivity index (χ3n) is 6.86. The van der Waals surface area contributed by atoms with Crippen LogP contribution in [0.15, 0.2) is 48.7 Å². The van der Waals surface area contributed by atoms with Crippen LogP contribution in [-0.4, -0.2) is 66.2 Å². The molecule has 2 aromatic carbocycles. The summed E-state index contributed by atoms with van der Waals surface area (Å²) in [5, 5.41) is 2.65. The molecule has 3 amide bonds. The molecule has 10 nitrogen and oxygen atoms in total. The van der Waals surface area contributed by atoms with Crippen molar-refractivity contribution in [2.75, 3.05) is 60.2 Å². The fourth-order valence-electron chi connectivity index (χ4n) is 4.70. The third kappa shape index (κ3) is 5.84. The Bertz CT molecular complexity index is 1430. The number of nitrogens with one attached hydrogen (secondary N) is 1. The average Bonchev–Trinajstić information content (AvgIpc) is 2.94. The van der Waals surface area contributed by atoms with Gasteiger partial charge in [-0.3, -0.25) is 19.5 Å². The molecule has 0 bridgehead atoms. The summed E-state index contributed by atoms with van der Waals surface area (Å²) in [6.45, 7) is 5.76. The van der Waals surface area contributed by atoms with E-state index < -0.39 is 17.6 Å². The Morgan fingerprint density at radius 2 is 1.90 bits per heavy atom. The Labute approximate surface area is 228 Å². The number of alkyl halides is 3. The lowest BCUT2D eigenvalue weighted by Gasteiger charge is -2.38. The van der Waals surface area contributed by atoms with Crippen LogP contribution in [0, 0.1) is 6.92 Å². The van der Waals surface area contributed by atoms with Gasteiger partial charge in [-0.25, -0.2) is 9.78 Å². The number of nitrogens with two attached hydrogens (primary N) is 1. The summed E-state index contributed by atoms with van der Waals surface area (Å²) in [4.78, 5) is 40.4. The minimum absolute atomic E-state index is 0.0619. The van der Waals surface area contributed by atoms with Crippen LogP contribution in [0.3, 0.4) is 0 Å². The van der Waals surface area contributed by atoms with Gasteiger partial charge in [0.15, 0.2) is 0 Å². The maximum Gasteiger partial charge on any atom is 0.416 e. The van der Waals surface area contributed by atoms with Crippen molar-refractivity contribution in [1.82, 2.24) is 14.9 Å². The first-order chi connectivity index (χ1) is 19.1. The van der Waals surface area contributed by atoms with E-state index in [-0.39, 0.29) is 24.1 Å². The van der Waals surface area contributed by atoms with E-state index in [1.54, 1.807) is 34.2 Å². The van der Waals surface area contributed by atoms with E-state index in [4.69, 9.17) is 10.5 Å². The number of halogens is 3. The second-order valence-electron chi connectivity index (χ2n) is 9.59. The van der Waals surface area contributed by atoms with Gasteiger partial charge in [0.2, 0.25) is 5.95 Å². The zero-order valence-electron chi connectivity index (χ0n) is 21.7. The zero-order chi connectivity index (χ0) is 28.4. The minimum atomic E-state index is -4.57. The number of morpholine rings is 1. The van der Waals surface area contributed by atoms with E-state index in [0.717, 1.165) is 30.8 Å². The number of amides is 3. The van der Waals surface area contributed by atoms with E-state index >= 15 is 0 Å². The second kappa shape index (κ2) is 11.1. The van der Waals surface area contributed by atoms with Crippen molar-refractivity contribution in [2.45, 2.75) is 19.6 Å². The molecule has 40 heavy (non-hydrogen) atoms. The number of carbonyl (C=O) groups is 2. The number of nitrogen functional groups attached to an aromatic ring is 1. The first kappa shape index (κ1) is 27.3. The molecule has 5 rings (SSSR count). The molecule has 0 spiro atoms. The molecule has 0 saturated carbocycles. The standard InChI is InChI=1S/C27H28F3N7O3/c1-17-5-6-21(33-24(38)18-3-2-4-20(13-18)27(28,29)30)14-22(17)37-16-19-15-32-25(31)34-23(19)36(26(37)39)8-7-35-9-11-40-12-10-35/h2-6,13-15H,7-12,16H2,1H3,(H,33,38)(H2,31,32,34). The Morgan fingerprint density at radius 3 is 2.65 bits per heavy atom. The van der Waals surface area contributed by atoms with Gasteiger partial charge in [0.05, 0.1) is 31.0 Å². The lowest BCUT2D eigenvalue weighted by molar-refractivity contribution is -0.137. The Hall–Kier alpha value is -4.23. The smallest absolute Gasteiger partial charge is 0.379 e. The lowest BCUT2D eigenvalue weighted by atomic mass is 10.1. The maximum absolute atomic E-state index is 13.8. The summed E-state index contributed by atoms with van der Waals surface area (Å²) in [5.74, 6) is -0.187. The van der Waals surface area contributed by atoms with E-state index in [2.05, 4.69) is 20.2 Å². The highest BCUT2D eigenvalue weighted by Gasteiger charge is 2.34. The number of fused-ring (bicyclic) bond motifs is 1. The number of urea groups is 1.